The van der Waals surface area contributed by atoms with E-state index in [2.05, 4.69) is 5.32 Å². The van der Waals surface area contributed by atoms with Crippen LogP contribution in [0.1, 0.15) is 27.0 Å². The lowest BCUT2D eigenvalue weighted by atomic mass is 10.2. The number of nitrogens with zero attached hydrogens (tertiary/aromatic N) is 1. The Bertz CT molecular complexity index is 443. The number of rotatable bonds is 6. The summed E-state index contributed by atoms with van der Waals surface area (Å²) in [5, 5.41) is 11.9. The number of thiophene rings is 1. The highest BCUT2D eigenvalue weighted by molar-refractivity contribution is 7.14. The second kappa shape index (κ2) is 6.51. The molecule has 6 heteroatoms. The van der Waals surface area contributed by atoms with Crippen LogP contribution in [0.15, 0.2) is 6.07 Å². The summed E-state index contributed by atoms with van der Waals surface area (Å²) in [5.74, 6) is -0.875. The van der Waals surface area contributed by atoms with Crippen LogP contribution in [-0.4, -0.2) is 42.0 Å². The zero-order valence-electron chi connectivity index (χ0n) is 10.8. The van der Waals surface area contributed by atoms with E-state index in [1.165, 1.54) is 11.3 Å². The predicted molar refractivity (Wildman–Crippen MR) is 71.0 cm³/mol. The zero-order chi connectivity index (χ0) is 13.7. The SMILES string of the molecule is CCN(C)C(=O)CNCc1cc(C(=O)O)sc1C. The molecule has 1 aromatic heterocycles. The summed E-state index contributed by atoms with van der Waals surface area (Å²) in [4.78, 5) is 25.3. The molecule has 100 valence electrons. The van der Waals surface area contributed by atoms with Crippen LogP contribution in [0.25, 0.3) is 0 Å². The van der Waals surface area contributed by atoms with Gasteiger partial charge in [0.1, 0.15) is 4.88 Å². The number of hydrogen-bond acceptors (Lipinski definition) is 4. The summed E-state index contributed by atoms with van der Waals surface area (Å²) in [6, 6.07) is 1.66. The molecule has 5 nitrogen and oxygen atoms in total. The molecule has 0 aromatic carbocycles. The third-order valence-corrected chi connectivity index (χ3v) is 3.80. The third-order valence-electron chi connectivity index (χ3n) is 2.72. The van der Waals surface area contributed by atoms with Crippen LogP contribution in [0, 0.1) is 6.92 Å². The van der Waals surface area contributed by atoms with Crippen molar-refractivity contribution in [2.24, 2.45) is 0 Å². The van der Waals surface area contributed by atoms with Crippen molar-refractivity contribution in [2.45, 2.75) is 20.4 Å². The molecule has 0 aliphatic carbocycles. The fourth-order valence-corrected chi connectivity index (χ4v) is 2.30. The van der Waals surface area contributed by atoms with Gasteiger partial charge >= 0.3 is 5.97 Å². The number of amides is 1. The van der Waals surface area contributed by atoms with Gasteiger partial charge in [-0.1, -0.05) is 0 Å². The van der Waals surface area contributed by atoms with E-state index in [-0.39, 0.29) is 12.5 Å². The smallest absolute Gasteiger partial charge is 0.345 e. The fraction of sp³-hybridized carbons (Fsp3) is 0.500. The topological polar surface area (TPSA) is 69.6 Å². The van der Waals surface area contributed by atoms with Crippen molar-refractivity contribution < 1.29 is 14.7 Å². The lowest BCUT2D eigenvalue weighted by Gasteiger charge is -2.14. The Morgan fingerprint density at radius 2 is 2.17 bits per heavy atom. The first-order chi connectivity index (χ1) is 8.45. The minimum atomic E-state index is -0.906. The van der Waals surface area contributed by atoms with E-state index in [9.17, 15) is 9.59 Å². The maximum absolute atomic E-state index is 11.5. The highest BCUT2D eigenvalue weighted by Crippen LogP contribution is 2.21. The minimum absolute atomic E-state index is 0.0313. The molecule has 0 spiro atoms. The third kappa shape index (κ3) is 3.82. The number of carbonyl (C=O) groups is 2. The molecule has 1 rings (SSSR count). The van der Waals surface area contributed by atoms with Crippen LogP contribution in [0.4, 0.5) is 0 Å². The lowest BCUT2D eigenvalue weighted by Crippen LogP contribution is -2.35. The lowest BCUT2D eigenvalue weighted by molar-refractivity contribution is -0.128. The van der Waals surface area contributed by atoms with Gasteiger partial charge in [-0.05, 0) is 25.5 Å². The quantitative estimate of drug-likeness (QED) is 0.818. The summed E-state index contributed by atoms with van der Waals surface area (Å²) >= 11 is 1.26. The Morgan fingerprint density at radius 1 is 1.50 bits per heavy atom. The summed E-state index contributed by atoms with van der Waals surface area (Å²) in [6.07, 6.45) is 0. The van der Waals surface area contributed by atoms with Crippen molar-refractivity contribution in [2.75, 3.05) is 20.1 Å². The standard InChI is InChI=1S/C12H18N2O3S/c1-4-14(3)11(15)7-13-6-9-5-10(12(16)17)18-8(9)2/h5,13H,4,6-7H2,1-3H3,(H,16,17). The van der Waals surface area contributed by atoms with E-state index in [1.807, 2.05) is 13.8 Å². The molecule has 0 atom stereocenters. The number of carboxylic acid groups (broad SMARTS) is 1. The Hall–Kier alpha value is -1.40. The molecule has 2 N–H and O–H groups in total. The van der Waals surface area contributed by atoms with Crippen LogP contribution in [0.3, 0.4) is 0 Å². The molecule has 0 bridgehead atoms. The highest BCUT2D eigenvalue weighted by Gasteiger charge is 2.11. The van der Waals surface area contributed by atoms with Gasteiger partial charge in [-0.3, -0.25) is 4.79 Å². The van der Waals surface area contributed by atoms with Crippen molar-refractivity contribution in [1.82, 2.24) is 10.2 Å². The molecule has 18 heavy (non-hydrogen) atoms. The molecule has 1 amide bonds. The van der Waals surface area contributed by atoms with E-state index < -0.39 is 5.97 Å². The highest BCUT2D eigenvalue weighted by atomic mass is 32.1. The van der Waals surface area contributed by atoms with Gasteiger partial charge in [-0.2, -0.15) is 0 Å². The predicted octanol–water partition coefficient (Wildman–Crippen LogP) is 1.32. The van der Waals surface area contributed by atoms with Crippen molar-refractivity contribution >= 4 is 23.2 Å². The summed E-state index contributed by atoms with van der Waals surface area (Å²) in [7, 11) is 1.75. The summed E-state index contributed by atoms with van der Waals surface area (Å²) < 4.78 is 0. The van der Waals surface area contributed by atoms with E-state index in [1.54, 1.807) is 18.0 Å². The van der Waals surface area contributed by atoms with Crippen molar-refractivity contribution in [3.05, 3.63) is 21.4 Å². The number of likely N-dealkylation sites (N-methyl/N-ethyl adjacent to an activating group) is 1. The monoisotopic (exact) mass is 270 g/mol. The molecular formula is C12H18N2O3S. The molecule has 0 saturated carbocycles. The van der Waals surface area contributed by atoms with Gasteiger partial charge in [-0.15, -0.1) is 11.3 Å². The van der Waals surface area contributed by atoms with E-state index in [0.717, 1.165) is 10.4 Å². The molecule has 0 unspecified atom stereocenters. The van der Waals surface area contributed by atoms with Crippen molar-refractivity contribution in [3.63, 3.8) is 0 Å². The molecular weight excluding hydrogens is 252 g/mol. The van der Waals surface area contributed by atoms with Crippen LogP contribution in [0.2, 0.25) is 0 Å². The first kappa shape index (κ1) is 14.7. The second-order valence-electron chi connectivity index (χ2n) is 4.01. The van der Waals surface area contributed by atoms with Gasteiger partial charge in [0.25, 0.3) is 0 Å². The maximum atomic E-state index is 11.5. The molecule has 0 aliphatic heterocycles. The Balaban J connectivity index is 2.49. The first-order valence-electron chi connectivity index (χ1n) is 5.73. The Kier molecular flexibility index (Phi) is 5.30. The average Bonchev–Trinajstić information content (AvgIpc) is 2.70. The van der Waals surface area contributed by atoms with Gasteiger partial charge in [0.2, 0.25) is 5.91 Å². The molecule has 1 aromatic rings. The van der Waals surface area contributed by atoms with Gasteiger partial charge in [-0.25, -0.2) is 4.79 Å². The largest absolute Gasteiger partial charge is 0.477 e. The molecule has 0 saturated heterocycles. The van der Waals surface area contributed by atoms with Gasteiger partial charge in [0, 0.05) is 25.0 Å². The zero-order valence-corrected chi connectivity index (χ0v) is 11.6. The van der Waals surface area contributed by atoms with Gasteiger partial charge in [0.15, 0.2) is 0 Å². The molecule has 0 aliphatic rings. The summed E-state index contributed by atoms with van der Waals surface area (Å²) in [5.41, 5.74) is 0.935. The second-order valence-corrected chi connectivity index (χ2v) is 5.27. The van der Waals surface area contributed by atoms with Gasteiger partial charge in [0.05, 0.1) is 6.54 Å². The number of aryl methyl sites for hydroxylation is 1. The summed E-state index contributed by atoms with van der Waals surface area (Å²) in [6.45, 7) is 5.26. The van der Waals surface area contributed by atoms with Crippen molar-refractivity contribution in [3.8, 4) is 0 Å². The number of carboxylic acids is 1. The average molecular weight is 270 g/mol. The first-order valence-corrected chi connectivity index (χ1v) is 6.54. The number of aromatic carboxylic acids is 1. The van der Waals surface area contributed by atoms with E-state index in [4.69, 9.17) is 5.11 Å². The van der Waals surface area contributed by atoms with Crippen molar-refractivity contribution in [1.29, 1.82) is 0 Å². The molecule has 0 radical (unpaired) electrons. The molecule has 1 heterocycles. The maximum Gasteiger partial charge on any atom is 0.345 e. The van der Waals surface area contributed by atoms with E-state index in [0.29, 0.717) is 18.0 Å². The van der Waals surface area contributed by atoms with Crippen LogP contribution < -0.4 is 5.32 Å². The number of carbonyl (C=O) groups excluding carboxylic acids is 1. The number of nitrogens with one attached hydrogen (secondary N) is 1. The number of hydrogen-bond donors (Lipinski definition) is 2. The normalized spacial score (nSPS) is 10.4. The van der Waals surface area contributed by atoms with Gasteiger partial charge < -0.3 is 15.3 Å². The van der Waals surface area contributed by atoms with Crippen LogP contribution >= 0.6 is 11.3 Å². The van der Waals surface area contributed by atoms with Crippen LogP contribution in [-0.2, 0) is 11.3 Å². The van der Waals surface area contributed by atoms with E-state index >= 15 is 0 Å². The Labute approximate surface area is 110 Å². The minimum Gasteiger partial charge on any atom is -0.477 e. The fourth-order valence-electron chi connectivity index (χ4n) is 1.42. The Morgan fingerprint density at radius 3 is 2.67 bits per heavy atom. The molecule has 0 fully saturated rings. The van der Waals surface area contributed by atoms with Crippen LogP contribution in [0.5, 0.6) is 0 Å².